The van der Waals surface area contributed by atoms with Gasteiger partial charge in [-0.2, -0.15) is 0 Å². The molecule has 0 saturated heterocycles. The van der Waals surface area contributed by atoms with Gasteiger partial charge in [0.25, 0.3) is 0 Å². The van der Waals surface area contributed by atoms with Crippen molar-refractivity contribution in [2.24, 2.45) is 0 Å². The van der Waals surface area contributed by atoms with Gasteiger partial charge in [0, 0.05) is 11.8 Å². The lowest BCUT2D eigenvalue weighted by molar-refractivity contribution is 0.0693. The summed E-state index contributed by atoms with van der Waals surface area (Å²) in [6.45, 7) is 1.66. The van der Waals surface area contributed by atoms with Crippen LogP contribution in [0, 0.1) is 18.6 Å². The van der Waals surface area contributed by atoms with Crippen LogP contribution in [0.2, 0.25) is 0 Å². The first-order valence-electron chi connectivity index (χ1n) is 5.31. The van der Waals surface area contributed by atoms with E-state index >= 15 is 0 Å². The van der Waals surface area contributed by atoms with Crippen LogP contribution in [0.4, 0.5) is 8.78 Å². The van der Waals surface area contributed by atoms with Crippen LogP contribution in [-0.4, -0.2) is 16.1 Å². The summed E-state index contributed by atoms with van der Waals surface area (Å²) in [5, 5.41) is 8.98. The van der Waals surface area contributed by atoms with Crippen LogP contribution in [0.1, 0.15) is 16.1 Å². The number of aromatic carboxylic acids is 1. The van der Waals surface area contributed by atoms with Crippen molar-refractivity contribution < 1.29 is 23.4 Å². The van der Waals surface area contributed by atoms with Crippen molar-refractivity contribution in [1.82, 2.24) is 4.98 Å². The molecule has 0 fully saturated rings. The van der Waals surface area contributed by atoms with Gasteiger partial charge in [0.05, 0.1) is 0 Å². The van der Waals surface area contributed by atoms with Gasteiger partial charge in [-0.1, -0.05) is 0 Å². The molecule has 0 aliphatic rings. The molecule has 2 aromatic rings. The Morgan fingerprint density at radius 2 is 1.95 bits per heavy atom. The number of ether oxygens (including phenoxy) is 1. The summed E-state index contributed by atoms with van der Waals surface area (Å²) < 4.78 is 31.0. The maximum Gasteiger partial charge on any atom is 0.341 e. The molecule has 0 aliphatic carbocycles. The molecule has 98 valence electrons. The van der Waals surface area contributed by atoms with E-state index in [2.05, 4.69) is 4.98 Å². The summed E-state index contributed by atoms with van der Waals surface area (Å²) >= 11 is 0. The number of aryl methyl sites for hydroxylation is 1. The van der Waals surface area contributed by atoms with E-state index < -0.39 is 17.6 Å². The van der Waals surface area contributed by atoms with Gasteiger partial charge >= 0.3 is 5.97 Å². The molecule has 19 heavy (non-hydrogen) atoms. The molecule has 0 aliphatic heterocycles. The number of halogens is 2. The smallest absolute Gasteiger partial charge is 0.341 e. The minimum atomic E-state index is -1.22. The standard InChI is InChI=1S/C13H9F2NO3/c1-7-2-4-9(13(17)18)12(16-7)19-8-3-5-10(14)11(15)6-8/h2-6H,1H3,(H,17,18). The number of hydrogen-bond donors (Lipinski definition) is 1. The van der Waals surface area contributed by atoms with Gasteiger partial charge in [0.15, 0.2) is 11.6 Å². The van der Waals surface area contributed by atoms with Crippen molar-refractivity contribution in [2.45, 2.75) is 6.92 Å². The molecule has 1 aromatic carbocycles. The summed E-state index contributed by atoms with van der Waals surface area (Å²) in [6.07, 6.45) is 0. The molecule has 1 heterocycles. The highest BCUT2D eigenvalue weighted by molar-refractivity contribution is 5.90. The van der Waals surface area contributed by atoms with E-state index in [1.807, 2.05) is 0 Å². The second-order valence-corrected chi connectivity index (χ2v) is 3.79. The van der Waals surface area contributed by atoms with E-state index in [0.29, 0.717) is 5.69 Å². The van der Waals surface area contributed by atoms with E-state index in [0.717, 1.165) is 12.1 Å². The van der Waals surface area contributed by atoms with Crippen molar-refractivity contribution in [3.05, 3.63) is 53.2 Å². The largest absolute Gasteiger partial charge is 0.477 e. The molecule has 0 amide bonds. The molecular weight excluding hydrogens is 256 g/mol. The van der Waals surface area contributed by atoms with Crippen LogP contribution >= 0.6 is 0 Å². The molecule has 0 saturated carbocycles. The predicted molar refractivity (Wildman–Crippen MR) is 62.4 cm³/mol. The van der Waals surface area contributed by atoms with E-state index in [1.165, 1.54) is 18.2 Å². The summed E-state index contributed by atoms with van der Waals surface area (Å²) in [7, 11) is 0. The zero-order valence-corrected chi connectivity index (χ0v) is 9.85. The van der Waals surface area contributed by atoms with Gasteiger partial charge in [-0.15, -0.1) is 0 Å². The quantitative estimate of drug-likeness (QED) is 0.926. The molecule has 1 aromatic heterocycles. The summed E-state index contributed by atoms with van der Waals surface area (Å²) in [4.78, 5) is 14.9. The zero-order chi connectivity index (χ0) is 14.0. The lowest BCUT2D eigenvalue weighted by Crippen LogP contribution is -2.03. The fourth-order valence-electron chi connectivity index (χ4n) is 1.43. The topological polar surface area (TPSA) is 59.4 Å². The number of rotatable bonds is 3. The Labute approximate surface area is 107 Å². The Morgan fingerprint density at radius 1 is 1.21 bits per heavy atom. The predicted octanol–water partition coefficient (Wildman–Crippen LogP) is 3.16. The third-order valence-corrected chi connectivity index (χ3v) is 2.34. The molecule has 2 rings (SSSR count). The van der Waals surface area contributed by atoms with Crippen molar-refractivity contribution in [2.75, 3.05) is 0 Å². The number of carbonyl (C=O) groups is 1. The molecule has 1 N–H and O–H groups in total. The van der Waals surface area contributed by atoms with Crippen molar-refractivity contribution in [1.29, 1.82) is 0 Å². The van der Waals surface area contributed by atoms with Crippen LogP contribution in [0.3, 0.4) is 0 Å². The number of benzene rings is 1. The number of hydrogen-bond acceptors (Lipinski definition) is 3. The number of aromatic nitrogens is 1. The van der Waals surface area contributed by atoms with Crippen molar-refractivity contribution in [3.63, 3.8) is 0 Å². The van der Waals surface area contributed by atoms with E-state index in [-0.39, 0.29) is 17.2 Å². The van der Waals surface area contributed by atoms with Gasteiger partial charge in [-0.05, 0) is 31.2 Å². The fraction of sp³-hybridized carbons (Fsp3) is 0.0769. The monoisotopic (exact) mass is 265 g/mol. The zero-order valence-electron chi connectivity index (χ0n) is 9.85. The minimum absolute atomic E-state index is 0.0282. The van der Waals surface area contributed by atoms with Gasteiger partial charge in [0.1, 0.15) is 11.3 Å². The third-order valence-electron chi connectivity index (χ3n) is 2.34. The molecule has 0 atom stereocenters. The Morgan fingerprint density at radius 3 is 2.58 bits per heavy atom. The second-order valence-electron chi connectivity index (χ2n) is 3.79. The minimum Gasteiger partial charge on any atom is -0.477 e. The normalized spacial score (nSPS) is 10.3. The molecule has 4 nitrogen and oxygen atoms in total. The fourth-order valence-corrected chi connectivity index (χ4v) is 1.43. The highest BCUT2D eigenvalue weighted by atomic mass is 19.2. The average molecular weight is 265 g/mol. The van der Waals surface area contributed by atoms with Crippen LogP contribution in [0.5, 0.6) is 11.6 Å². The van der Waals surface area contributed by atoms with E-state index in [9.17, 15) is 13.6 Å². The molecule has 6 heteroatoms. The van der Waals surface area contributed by atoms with Crippen LogP contribution < -0.4 is 4.74 Å². The van der Waals surface area contributed by atoms with E-state index in [1.54, 1.807) is 6.92 Å². The lowest BCUT2D eigenvalue weighted by atomic mass is 10.2. The Balaban J connectivity index is 2.39. The first kappa shape index (κ1) is 12.9. The van der Waals surface area contributed by atoms with Gasteiger partial charge in [-0.25, -0.2) is 18.6 Å². The van der Waals surface area contributed by atoms with E-state index in [4.69, 9.17) is 9.84 Å². The molecule has 0 radical (unpaired) electrons. The first-order chi connectivity index (χ1) is 8.97. The Bertz CT molecular complexity index is 644. The SMILES string of the molecule is Cc1ccc(C(=O)O)c(Oc2ccc(F)c(F)c2)n1. The summed E-state index contributed by atoms with van der Waals surface area (Å²) in [5.74, 6) is -3.51. The van der Waals surface area contributed by atoms with Gasteiger partial charge in [0.2, 0.25) is 5.88 Å². The molecule has 0 spiro atoms. The maximum atomic E-state index is 13.0. The lowest BCUT2D eigenvalue weighted by Gasteiger charge is -2.08. The number of pyridine rings is 1. The summed E-state index contributed by atoms with van der Waals surface area (Å²) in [6, 6.07) is 5.75. The van der Waals surface area contributed by atoms with Crippen LogP contribution in [-0.2, 0) is 0 Å². The number of carboxylic acid groups (broad SMARTS) is 1. The number of carboxylic acids is 1. The van der Waals surface area contributed by atoms with Crippen molar-refractivity contribution in [3.8, 4) is 11.6 Å². The Kier molecular flexibility index (Phi) is 3.41. The molecule has 0 bridgehead atoms. The van der Waals surface area contributed by atoms with Crippen LogP contribution in [0.15, 0.2) is 30.3 Å². The number of nitrogens with zero attached hydrogens (tertiary/aromatic N) is 1. The van der Waals surface area contributed by atoms with Gasteiger partial charge < -0.3 is 9.84 Å². The highest BCUT2D eigenvalue weighted by Crippen LogP contribution is 2.25. The van der Waals surface area contributed by atoms with Gasteiger partial charge in [-0.3, -0.25) is 0 Å². The first-order valence-corrected chi connectivity index (χ1v) is 5.31. The second kappa shape index (κ2) is 5.01. The Hall–Kier alpha value is -2.50. The maximum absolute atomic E-state index is 13.0. The third kappa shape index (κ3) is 2.85. The van der Waals surface area contributed by atoms with Crippen molar-refractivity contribution >= 4 is 5.97 Å². The molecule has 0 unspecified atom stereocenters. The average Bonchev–Trinajstić information content (AvgIpc) is 2.33. The summed E-state index contributed by atoms with van der Waals surface area (Å²) in [5.41, 5.74) is 0.387. The molecular formula is C13H9F2NO3. The van der Waals surface area contributed by atoms with Crippen LogP contribution in [0.25, 0.3) is 0 Å². The highest BCUT2D eigenvalue weighted by Gasteiger charge is 2.14.